The fourth-order valence-corrected chi connectivity index (χ4v) is 3.44. The Morgan fingerprint density at radius 3 is 1.33 bits per heavy atom. The number of ether oxygens (including phenoxy) is 4. The summed E-state index contributed by atoms with van der Waals surface area (Å²) in [5.41, 5.74) is 3.87. The predicted molar refractivity (Wildman–Crippen MR) is 143 cm³/mol. The van der Waals surface area contributed by atoms with E-state index < -0.39 is 0 Å². The molecule has 0 amide bonds. The van der Waals surface area contributed by atoms with Gasteiger partial charge >= 0.3 is 0 Å². The molecule has 0 bridgehead atoms. The van der Waals surface area contributed by atoms with Gasteiger partial charge in [-0.2, -0.15) is 10.2 Å². The topological polar surface area (TPSA) is 61.6 Å². The molecule has 4 aromatic carbocycles. The van der Waals surface area contributed by atoms with E-state index in [1.807, 2.05) is 97.1 Å². The second-order valence-electron chi connectivity index (χ2n) is 7.86. The molecule has 0 unspecified atom stereocenters. The molecule has 0 radical (unpaired) electrons. The third-order valence-electron chi connectivity index (χ3n) is 5.33. The molecule has 0 saturated heterocycles. The van der Waals surface area contributed by atoms with Crippen molar-refractivity contribution in [3.63, 3.8) is 0 Å². The summed E-state index contributed by atoms with van der Waals surface area (Å²) in [5.74, 6) is 2.61. The summed E-state index contributed by atoms with van der Waals surface area (Å²) in [6, 6.07) is 31.3. The van der Waals surface area contributed by atoms with Crippen LogP contribution in [0.2, 0.25) is 0 Å². The zero-order valence-electron chi connectivity index (χ0n) is 20.3. The Kier molecular flexibility index (Phi) is 8.70. The van der Waals surface area contributed by atoms with Gasteiger partial charge < -0.3 is 18.9 Å². The molecule has 0 aliphatic heterocycles. The average molecular weight is 481 g/mol. The van der Waals surface area contributed by atoms with Gasteiger partial charge in [-0.05, 0) is 58.7 Å². The van der Waals surface area contributed by atoms with Crippen LogP contribution < -0.4 is 18.9 Å². The fraction of sp³-hybridized carbons (Fsp3) is 0.133. The number of hydrogen-bond acceptors (Lipinski definition) is 6. The van der Waals surface area contributed by atoms with Crippen LogP contribution in [0.5, 0.6) is 23.0 Å². The van der Waals surface area contributed by atoms with E-state index in [0.717, 1.165) is 22.3 Å². The first-order chi connectivity index (χ1) is 17.7. The van der Waals surface area contributed by atoms with Crippen LogP contribution in [-0.2, 0) is 13.2 Å². The van der Waals surface area contributed by atoms with E-state index in [-0.39, 0.29) is 0 Å². The molecule has 0 heterocycles. The first kappa shape index (κ1) is 24.5. The number of benzene rings is 4. The Morgan fingerprint density at radius 1 is 0.528 bits per heavy atom. The van der Waals surface area contributed by atoms with Gasteiger partial charge in [0, 0.05) is 0 Å². The van der Waals surface area contributed by atoms with E-state index in [2.05, 4.69) is 10.2 Å². The molecule has 0 atom stereocenters. The second-order valence-corrected chi connectivity index (χ2v) is 7.86. The molecule has 182 valence electrons. The van der Waals surface area contributed by atoms with Gasteiger partial charge in [0.1, 0.15) is 13.2 Å². The highest BCUT2D eigenvalue weighted by atomic mass is 16.5. The zero-order chi connectivity index (χ0) is 25.0. The molecule has 0 spiro atoms. The third kappa shape index (κ3) is 6.96. The van der Waals surface area contributed by atoms with E-state index in [4.69, 9.17) is 18.9 Å². The van der Waals surface area contributed by atoms with Crippen LogP contribution in [0.15, 0.2) is 107 Å². The number of hydrogen-bond donors (Lipinski definition) is 0. The summed E-state index contributed by atoms with van der Waals surface area (Å²) in [4.78, 5) is 0. The summed E-state index contributed by atoms with van der Waals surface area (Å²) in [6.07, 6.45) is 3.32. The maximum Gasteiger partial charge on any atom is 0.161 e. The summed E-state index contributed by atoms with van der Waals surface area (Å²) >= 11 is 0. The van der Waals surface area contributed by atoms with E-state index in [0.29, 0.717) is 36.2 Å². The van der Waals surface area contributed by atoms with Crippen LogP contribution in [0.1, 0.15) is 22.3 Å². The monoisotopic (exact) mass is 480 g/mol. The van der Waals surface area contributed by atoms with Crippen LogP contribution in [0.3, 0.4) is 0 Å². The van der Waals surface area contributed by atoms with Gasteiger partial charge in [0.2, 0.25) is 0 Å². The molecule has 0 saturated carbocycles. The van der Waals surface area contributed by atoms with Crippen LogP contribution in [0, 0.1) is 0 Å². The van der Waals surface area contributed by atoms with Crippen LogP contribution in [-0.4, -0.2) is 26.6 Å². The van der Waals surface area contributed by atoms with Crippen LogP contribution in [0.25, 0.3) is 0 Å². The van der Waals surface area contributed by atoms with Crippen molar-refractivity contribution in [1.82, 2.24) is 0 Å². The number of rotatable bonds is 11. The van der Waals surface area contributed by atoms with Crippen LogP contribution >= 0.6 is 0 Å². The highest BCUT2D eigenvalue weighted by molar-refractivity contribution is 5.84. The van der Waals surface area contributed by atoms with E-state index in [1.54, 1.807) is 26.6 Å². The second kappa shape index (κ2) is 12.8. The van der Waals surface area contributed by atoms with Crippen molar-refractivity contribution in [2.45, 2.75) is 13.2 Å². The van der Waals surface area contributed by atoms with Crippen LogP contribution in [0.4, 0.5) is 0 Å². The van der Waals surface area contributed by atoms with Gasteiger partial charge in [-0.3, -0.25) is 0 Å². The maximum atomic E-state index is 5.91. The van der Waals surface area contributed by atoms with Crippen molar-refractivity contribution in [3.05, 3.63) is 119 Å². The zero-order valence-corrected chi connectivity index (χ0v) is 20.3. The van der Waals surface area contributed by atoms with Gasteiger partial charge in [0.25, 0.3) is 0 Å². The lowest BCUT2D eigenvalue weighted by atomic mass is 10.2. The first-order valence-electron chi connectivity index (χ1n) is 11.5. The average Bonchev–Trinajstić information content (AvgIpc) is 2.94. The molecular formula is C30H28N2O4. The molecule has 4 aromatic rings. The smallest absolute Gasteiger partial charge is 0.161 e. The first-order valence-corrected chi connectivity index (χ1v) is 11.5. The Morgan fingerprint density at radius 2 is 0.944 bits per heavy atom. The minimum Gasteiger partial charge on any atom is -0.493 e. The summed E-state index contributed by atoms with van der Waals surface area (Å²) in [7, 11) is 3.23. The van der Waals surface area contributed by atoms with E-state index >= 15 is 0 Å². The summed E-state index contributed by atoms with van der Waals surface area (Å²) in [6.45, 7) is 0.933. The standard InChI is InChI=1S/C30H28N2O4/c1-33-29-17-25(13-15-27(29)35-21-23-9-5-3-6-10-23)19-31-32-20-26-14-16-28(30(18-26)34-2)36-22-24-11-7-4-8-12-24/h3-20H,21-22H2,1-2H3/b31-19+,32-20+. The molecule has 0 aliphatic carbocycles. The quantitative estimate of drug-likeness (QED) is 0.186. The van der Waals surface area contributed by atoms with E-state index in [1.165, 1.54) is 0 Å². The molecule has 6 heteroatoms. The van der Waals surface area contributed by atoms with Crippen molar-refractivity contribution in [2.24, 2.45) is 10.2 Å². The fourth-order valence-electron chi connectivity index (χ4n) is 3.44. The van der Waals surface area contributed by atoms with Crippen molar-refractivity contribution >= 4 is 12.4 Å². The number of methoxy groups -OCH3 is 2. The van der Waals surface area contributed by atoms with Crippen molar-refractivity contribution in [1.29, 1.82) is 0 Å². The molecule has 36 heavy (non-hydrogen) atoms. The Labute approximate surface area is 211 Å². The van der Waals surface area contributed by atoms with Gasteiger partial charge in [-0.15, -0.1) is 0 Å². The predicted octanol–water partition coefficient (Wildman–Crippen LogP) is 6.31. The highest BCUT2D eigenvalue weighted by Crippen LogP contribution is 2.29. The van der Waals surface area contributed by atoms with Gasteiger partial charge in [0.15, 0.2) is 23.0 Å². The minimum absolute atomic E-state index is 0.467. The van der Waals surface area contributed by atoms with Gasteiger partial charge in [-0.1, -0.05) is 60.7 Å². The summed E-state index contributed by atoms with van der Waals surface area (Å²) < 4.78 is 22.8. The normalized spacial score (nSPS) is 11.1. The third-order valence-corrected chi connectivity index (χ3v) is 5.33. The SMILES string of the molecule is COc1cc(/C=N/N=C/c2ccc(OCc3ccccc3)c(OC)c2)ccc1OCc1ccccc1. The lowest BCUT2D eigenvalue weighted by molar-refractivity contribution is 0.284. The molecule has 0 N–H and O–H groups in total. The Hall–Kier alpha value is -4.58. The van der Waals surface area contributed by atoms with Crippen molar-refractivity contribution < 1.29 is 18.9 Å². The minimum atomic E-state index is 0.467. The Bertz CT molecular complexity index is 1200. The number of nitrogens with zero attached hydrogens (tertiary/aromatic N) is 2. The maximum absolute atomic E-state index is 5.91. The van der Waals surface area contributed by atoms with Gasteiger partial charge in [-0.25, -0.2) is 0 Å². The highest BCUT2D eigenvalue weighted by Gasteiger charge is 2.07. The van der Waals surface area contributed by atoms with E-state index in [9.17, 15) is 0 Å². The lowest BCUT2D eigenvalue weighted by Crippen LogP contribution is -1.98. The molecule has 0 aliphatic rings. The largest absolute Gasteiger partial charge is 0.493 e. The van der Waals surface area contributed by atoms with Gasteiger partial charge in [0.05, 0.1) is 26.6 Å². The molecule has 4 rings (SSSR count). The Balaban J connectivity index is 1.36. The summed E-state index contributed by atoms with van der Waals surface area (Å²) in [5, 5.41) is 8.33. The lowest BCUT2D eigenvalue weighted by Gasteiger charge is -2.11. The molecule has 6 nitrogen and oxygen atoms in total. The van der Waals surface area contributed by atoms with Crippen molar-refractivity contribution in [3.8, 4) is 23.0 Å². The molecule has 0 fully saturated rings. The van der Waals surface area contributed by atoms with Crippen molar-refractivity contribution in [2.75, 3.05) is 14.2 Å². The molecular weight excluding hydrogens is 452 g/mol. The molecule has 0 aromatic heterocycles.